The van der Waals surface area contributed by atoms with Crippen LogP contribution in [0.1, 0.15) is 11.3 Å². The van der Waals surface area contributed by atoms with Gasteiger partial charge in [0, 0.05) is 30.2 Å². The Morgan fingerprint density at radius 3 is 2.79 bits per heavy atom. The molecule has 0 saturated heterocycles. The fourth-order valence-electron chi connectivity index (χ4n) is 1.57. The van der Waals surface area contributed by atoms with Crippen molar-refractivity contribution in [3.63, 3.8) is 0 Å². The number of nitro benzene ring substituents is 1. The van der Waals surface area contributed by atoms with Gasteiger partial charge >= 0.3 is 5.69 Å². The van der Waals surface area contributed by atoms with Crippen molar-refractivity contribution < 1.29 is 9.31 Å². The summed E-state index contributed by atoms with van der Waals surface area (Å²) >= 11 is 0. The first-order valence-electron chi connectivity index (χ1n) is 5.65. The average molecular weight is 261 g/mol. The van der Waals surface area contributed by atoms with Crippen molar-refractivity contribution in [2.45, 2.75) is 13.5 Å². The van der Waals surface area contributed by atoms with Gasteiger partial charge in [-0.2, -0.15) is 4.39 Å². The van der Waals surface area contributed by atoms with Crippen LogP contribution in [0.2, 0.25) is 0 Å². The van der Waals surface area contributed by atoms with E-state index in [1.807, 2.05) is 19.1 Å². The second-order valence-electron chi connectivity index (χ2n) is 4.08. The minimum atomic E-state index is -0.840. The lowest BCUT2D eigenvalue weighted by Gasteiger charge is -2.06. The molecule has 0 aliphatic heterocycles. The Morgan fingerprint density at radius 2 is 2.16 bits per heavy atom. The maximum atomic E-state index is 13.1. The molecule has 1 aromatic heterocycles. The topological polar surface area (TPSA) is 68.1 Å². The van der Waals surface area contributed by atoms with Crippen molar-refractivity contribution in [1.82, 2.24) is 4.98 Å². The molecule has 0 saturated carbocycles. The summed E-state index contributed by atoms with van der Waals surface area (Å²) < 4.78 is 13.1. The van der Waals surface area contributed by atoms with Crippen molar-refractivity contribution in [1.29, 1.82) is 0 Å². The van der Waals surface area contributed by atoms with Crippen LogP contribution in [0.5, 0.6) is 0 Å². The largest absolute Gasteiger partial charge is 0.381 e. The van der Waals surface area contributed by atoms with Crippen LogP contribution in [-0.2, 0) is 6.54 Å². The van der Waals surface area contributed by atoms with Gasteiger partial charge in [0.05, 0.1) is 4.92 Å². The summed E-state index contributed by atoms with van der Waals surface area (Å²) in [6.45, 7) is 2.36. The molecule has 1 N–H and O–H groups in total. The van der Waals surface area contributed by atoms with Crippen LogP contribution in [-0.4, -0.2) is 9.91 Å². The van der Waals surface area contributed by atoms with Gasteiger partial charge in [0.15, 0.2) is 0 Å². The van der Waals surface area contributed by atoms with E-state index in [2.05, 4.69) is 10.3 Å². The van der Waals surface area contributed by atoms with Gasteiger partial charge in [-0.25, -0.2) is 0 Å². The van der Waals surface area contributed by atoms with Crippen molar-refractivity contribution in [3.05, 3.63) is 63.7 Å². The Bertz CT molecular complexity index is 599. The molecule has 0 aliphatic rings. The molecule has 0 aliphatic carbocycles. The fourth-order valence-corrected chi connectivity index (χ4v) is 1.57. The van der Waals surface area contributed by atoms with Crippen molar-refractivity contribution in [2.75, 3.05) is 5.32 Å². The van der Waals surface area contributed by atoms with Gasteiger partial charge in [-0.05, 0) is 30.7 Å². The van der Waals surface area contributed by atoms with Crippen LogP contribution in [0.4, 0.5) is 15.8 Å². The number of nitro groups is 1. The number of hydrogen-bond acceptors (Lipinski definition) is 4. The number of hydrogen-bond donors (Lipinski definition) is 1. The number of aromatic nitrogens is 1. The number of benzene rings is 1. The molecule has 0 atom stereocenters. The van der Waals surface area contributed by atoms with E-state index >= 15 is 0 Å². The molecule has 0 radical (unpaired) electrons. The van der Waals surface area contributed by atoms with Gasteiger partial charge in [0.2, 0.25) is 5.82 Å². The van der Waals surface area contributed by atoms with Gasteiger partial charge in [-0.15, -0.1) is 0 Å². The predicted molar refractivity (Wildman–Crippen MR) is 69.4 cm³/mol. The molecule has 0 amide bonds. The smallest absolute Gasteiger partial charge is 0.306 e. The lowest BCUT2D eigenvalue weighted by molar-refractivity contribution is -0.387. The average Bonchev–Trinajstić information content (AvgIpc) is 2.39. The number of nitrogens with zero attached hydrogens (tertiary/aromatic N) is 2. The third kappa shape index (κ3) is 3.25. The Kier molecular flexibility index (Phi) is 3.70. The number of pyridine rings is 1. The summed E-state index contributed by atoms with van der Waals surface area (Å²) in [7, 11) is 0. The summed E-state index contributed by atoms with van der Waals surface area (Å²) in [5, 5.41) is 13.6. The van der Waals surface area contributed by atoms with E-state index in [0.717, 1.165) is 17.3 Å². The number of nitrogens with one attached hydrogen (secondary N) is 1. The van der Waals surface area contributed by atoms with Gasteiger partial charge in [0.1, 0.15) is 0 Å². The van der Waals surface area contributed by atoms with E-state index in [-0.39, 0.29) is 0 Å². The third-order valence-electron chi connectivity index (χ3n) is 2.61. The van der Waals surface area contributed by atoms with Crippen LogP contribution >= 0.6 is 0 Å². The normalized spacial score (nSPS) is 10.2. The highest BCUT2D eigenvalue weighted by Gasteiger charge is 2.13. The van der Waals surface area contributed by atoms with E-state index in [0.29, 0.717) is 12.2 Å². The van der Waals surface area contributed by atoms with E-state index in [4.69, 9.17) is 0 Å². The van der Waals surface area contributed by atoms with Crippen LogP contribution in [0.15, 0.2) is 36.5 Å². The standard InChI is InChI=1S/C13H12FN3O2/c1-9-2-3-10(7-15-9)8-16-11-4-5-12(14)13(6-11)17(18)19/h2-7,16H,8H2,1H3. The highest BCUT2D eigenvalue weighted by molar-refractivity contribution is 5.52. The number of halogens is 1. The molecule has 2 aromatic rings. The van der Waals surface area contributed by atoms with E-state index in [9.17, 15) is 14.5 Å². The quantitative estimate of drug-likeness (QED) is 0.678. The van der Waals surface area contributed by atoms with Crippen LogP contribution in [0.25, 0.3) is 0 Å². The van der Waals surface area contributed by atoms with E-state index in [1.165, 1.54) is 12.1 Å². The fraction of sp³-hybridized carbons (Fsp3) is 0.154. The van der Waals surface area contributed by atoms with Gasteiger partial charge in [-0.3, -0.25) is 15.1 Å². The molecule has 6 heteroatoms. The molecule has 19 heavy (non-hydrogen) atoms. The Balaban J connectivity index is 2.09. The molecule has 0 fully saturated rings. The van der Waals surface area contributed by atoms with Crippen LogP contribution in [0, 0.1) is 22.9 Å². The number of anilines is 1. The third-order valence-corrected chi connectivity index (χ3v) is 2.61. The maximum Gasteiger partial charge on any atom is 0.306 e. The van der Waals surface area contributed by atoms with Crippen LogP contribution < -0.4 is 5.32 Å². The molecule has 1 heterocycles. The predicted octanol–water partition coefficient (Wildman–Crippen LogP) is 3.05. The Morgan fingerprint density at radius 1 is 1.37 bits per heavy atom. The van der Waals surface area contributed by atoms with Gasteiger partial charge in [0.25, 0.3) is 0 Å². The van der Waals surface area contributed by atoms with E-state index in [1.54, 1.807) is 6.20 Å². The lowest BCUT2D eigenvalue weighted by atomic mass is 10.2. The minimum absolute atomic E-state index is 0.468. The van der Waals surface area contributed by atoms with E-state index < -0.39 is 16.4 Å². The molecular formula is C13H12FN3O2. The summed E-state index contributed by atoms with van der Waals surface area (Å²) in [5.74, 6) is -0.840. The molecule has 98 valence electrons. The Hall–Kier alpha value is -2.50. The summed E-state index contributed by atoms with van der Waals surface area (Å²) in [5.41, 5.74) is 1.82. The minimum Gasteiger partial charge on any atom is -0.381 e. The summed E-state index contributed by atoms with van der Waals surface area (Å²) in [6.07, 6.45) is 1.72. The lowest BCUT2D eigenvalue weighted by Crippen LogP contribution is -2.01. The molecule has 5 nitrogen and oxygen atoms in total. The first-order valence-corrected chi connectivity index (χ1v) is 5.65. The SMILES string of the molecule is Cc1ccc(CNc2ccc(F)c([N+](=O)[O-])c2)cn1. The highest BCUT2D eigenvalue weighted by Crippen LogP contribution is 2.21. The first kappa shape index (κ1) is 12.9. The molecular weight excluding hydrogens is 249 g/mol. The Labute approximate surface area is 109 Å². The monoisotopic (exact) mass is 261 g/mol. The molecule has 0 unspecified atom stereocenters. The number of aryl methyl sites for hydroxylation is 1. The second-order valence-corrected chi connectivity index (χ2v) is 4.08. The molecule has 2 rings (SSSR count). The van der Waals surface area contributed by atoms with Gasteiger partial charge < -0.3 is 5.32 Å². The first-order chi connectivity index (χ1) is 9.06. The summed E-state index contributed by atoms with van der Waals surface area (Å²) in [4.78, 5) is 14.0. The maximum absolute atomic E-state index is 13.1. The van der Waals surface area contributed by atoms with Crippen molar-refractivity contribution in [2.24, 2.45) is 0 Å². The van der Waals surface area contributed by atoms with Crippen LogP contribution in [0.3, 0.4) is 0 Å². The van der Waals surface area contributed by atoms with Crippen molar-refractivity contribution in [3.8, 4) is 0 Å². The second kappa shape index (κ2) is 5.43. The number of rotatable bonds is 4. The molecule has 0 spiro atoms. The zero-order chi connectivity index (χ0) is 13.8. The van der Waals surface area contributed by atoms with Gasteiger partial charge in [-0.1, -0.05) is 6.07 Å². The highest BCUT2D eigenvalue weighted by atomic mass is 19.1. The zero-order valence-corrected chi connectivity index (χ0v) is 10.3. The molecule has 0 bridgehead atoms. The molecule has 1 aromatic carbocycles. The zero-order valence-electron chi connectivity index (χ0n) is 10.3. The van der Waals surface area contributed by atoms with Crippen molar-refractivity contribution >= 4 is 11.4 Å². The summed E-state index contributed by atoms with van der Waals surface area (Å²) in [6, 6.07) is 7.51.